The summed E-state index contributed by atoms with van der Waals surface area (Å²) in [4.78, 5) is 48.8. The summed E-state index contributed by atoms with van der Waals surface area (Å²) < 4.78 is 5.59. The zero-order chi connectivity index (χ0) is 23.8. The van der Waals surface area contributed by atoms with Crippen molar-refractivity contribution in [3.8, 4) is 11.1 Å². The Balaban J connectivity index is 1.23. The van der Waals surface area contributed by atoms with E-state index in [0.29, 0.717) is 19.3 Å². The maximum Gasteiger partial charge on any atom is 0.407 e. The van der Waals surface area contributed by atoms with Crippen LogP contribution in [0.2, 0.25) is 0 Å². The second-order valence-corrected chi connectivity index (χ2v) is 8.92. The minimum atomic E-state index is -1.24. The number of carboxylic acids is 1. The summed E-state index contributed by atoms with van der Waals surface area (Å²) in [5.41, 5.74) is 6.82. The van der Waals surface area contributed by atoms with Crippen molar-refractivity contribution in [1.82, 2.24) is 15.8 Å². The predicted molar refractivity (Wildman–Crippen MR) is 120 cm³/mol. The van der Waals surface area contributed by atoms with E-state index in [1.807, 2.05) is 36.4 Å². The first-order chi connectivity index (χ1) is 16.4. The molecule has 3 aliphatic rings. The van der Waals surface area contributed by atoms with Crippen molar-refractivity contribution in [2.24, 2.45) is 5.92 Å². The van der Waals surface area contributed by atoms with Crippen molar-refractivity contribution in [2.75, 3.05) is 6.61 Å². The molecule has 3 N–H and O–H groups in total. The van der Waals surface area contributed by atoms with Gasteiger partial charge in [0.15, 0.2) is 6.04 Å². The third-order valence-corrected chi connectivity index (χ3v) is 6.94. The summed E-state index contributed by atoms with van der Waals surface area (Å²) >= 11 is 0. The Morgan fingerprint density at radius 1 is 1.03 bits per heavy atom. The van der Waals surface area contributed by atoms with Crippen molar-refractivity contribution in [3.63, 3.8) is 0 Å². The van der Waals surface area contributed by atoms with Gasteiger partial charge >= 0.3 is 12.1 Å². The van der Waals surface area contributed by atoms with Crippen LogP contribution in [0.25, 0.3) is 11.1 Å². The molecule has 2 aromatic carbocycles. The van der Waals surface area contributed by atoms with Crippen LogP contribution in [-0.4, -0.2) is 52.7 Å². The van der Waals surface area contributed by atoms with Crippen LogP contribution in [0.15, 0.2) is 48.5 Å². The molecule has 176 valence electrons. The van der Waals surface area contributed by atoms with Crippen molar-refractivity contribution in [3.05, 3.63) is 59.7 Å². The maximum atomic E-state index is 13.0. The number of rotatable bonds is 5. The number of aliphatic carboxylic acids is 1. The van der Waals surface area contributed by atoms with Crippen molar-refractivity contribution in [2.45, 2.75) is 43.7 Å². The van der Waals surface area contributed by atoms with Gasteiger partial charge in [-0.2, -0.15) is 0 Å². The molecule has 1 heterocycles. The van der Waals surface area contributed by atoms with Crippen LogP contribution in [-0.2, 0) is 19.1 Å². The first-order valence-corrected chi connectivity index (χ1v) is 11.4. The van der Waals surface area contributed by atoms with Gasteiger partial charge in [-0.1, -0.05) is 55.0 Å². The Morgan fingerprint density at radius 2 is 1.68 bits per heavy atom. The van der Waals surface area contributed by atoms with Crippen LogP contribution in [0.4, 0.5) is 4.79 Å². The van der Waals surface area contributed by atoms with E-state index in [1.54, 1.807) is 0 Å². The maximum absolute atomic E-state index is 13.0. The van der Waals surface area contributed by atoms with E-state index in [0.717, 1.165) is 27.3 Å². The number of hydrazine groups is 1. The molecule has 0 spiro atoms. The number of ether oxygens (including phenoxy) is 1. The number of carboxylic acid groups (broad SMARTS) is 1. The van der Waals surface area contributed by atoms with Crippen LogP contribution in [0.1, 0.15) is 42.7 Å². The molecular weight excluding hydrogens is 438 g/mol. The molecule has 1 aliphatic heterocycles. The van der Waals surface area contributed by atoms with Gasteiger partial charge in [0.1, 0.15) is 6.61 Å². The van der Waals surface area contributed by atoms with Gasteiger partial charge in [-0.3, -0.25) is 15.0 Å². The van der Waals surface area contributed by atoms with Gasteiger partial charge in [0.25, 0.3) is 0 Å². The van der Waals surface area contributed by atoms with Crippen molar-refractivity contribution in [1.29, 1.82) is 0 Å². The highest BCUT2D eigenvalue weighted by atomic mass is 16.5. The van der Waals surface area contributed by atoms with Gasteiger partial charge in [0, 0.05) is 12.0 Å². The zero-order valence-electron chi connectivity index (χ0n) is 18.4. The van der Waals surface area contributed by atoms with E-state index in [-0.39, 0.29) is 18.9 Å². The number of fused-ring (bicyclic) bond motifs is 3. The smallest absolute Gasteiger partial charge is 0.407 e. The summed E-state index contributed by atoms with van der Waals surface area (Å²) in [6.45, 7) is 0.161. The Bertz CT molecular complexity index is 1120. The molecule has 0 bridgehead atoms. The van der Waals surface area contributed by atoms with Gasteiger partial charge in [-0.15, -0.1) is 0 Å². The average molecular weight is 463 g/mol. The second kappa shape index (κ2) is 8.81. The molecule has 34 heavy (non-hydrogen) atoms. The van der Waals surface area contributed by atoms with Gasteiger partial charge in [-0.05, 0) is 35.1 Å². The summed E-state index contributed by atoms with van der Waals surface area (Å²) in [6.07, 6.45) is 0.862. The minimum Gasteiger partial charge on any atom is -0.480 e. The van der Waals surface area contributed by atoms with Crippen LogP contribution >= 0.6 is 0 Å². The lowest BCUT2D eigenvalue weighted by molar-refractivity contribution is -0.152. The Morgan fingerprint density at radius 3 is 2.32 bits per heavy atom. The lowest BCUT2D eigenvalue weighted by Crippen LogP contribution is -2.52. The standard InChI is InChI=1S/C25H25N3O6/c29-22-12-21(24(31)32)28(27-22)23(30)18-10-5-11-20(18)26-25(33)34-13-19-16-8-3-1-6-14(16)15-7-2-4-9-17(15)19/h1-4,6-9,18-21H,5,10-13H2,(H,26,33)(H,27,29)(H,31,32)/t18-,20+,21?/m1/s1. The monoisotopic (exact) mass is 463 g/mol. The topological polar surface area (TPSA) is 125 Å². The molecule has 9 heteroatoms. The molecule has 0 aromatic heterocycles. The molecule has 3 amide bonds. The van der Waals surface area contributed by atoms with Crippen LogP contribution in [0, 0.1) is 5.92 Å². The fourth-order valence-corrected chi connectivity index (χ4v) is 5.33. The van der Waals surface area contributed by atoms with E-state index in [2.05, 4.69) is 22.9 Å². The molecular formula is C25H25N3O6. The molecule has 2 aromatic rings. The SMILES string of the molecule is O=C1CC(C(=O)O)N(C(=O)[C@@H]2CCC[C@@H]2NC(=O)OCC2c3ccccc3-c3ccccc32)N1. The number of nitrogens with one attached hydrogen (secondary N) is 2. The van der Waals surface area contributed by atoms with E-state index < -0.39 is 41.9 Å². The molecule has 2 aliphatic carbocycles. The number of carbonyl (C=O) groups is 4. The molecule has 5 rings (SSSR count). The Kier molecular flexibility index (Phi) is 5.69. The highest BCUT2D eigenvalue weighted by Crippen LogP contribution is 2.44. The largest absolute Gasteiger partial charge is 0.480 e. The highest BCUT2D eigenvalue weighted by molar-refractivity contribution is 5.94. The quantitative estimate of drug-likeness (QED) is 0.625. The van der Waals surface area contributed by atoms with Crippen molar-refractivity contribution < 1.29 is 29.0 Å². The van der Waals surface area contributed by atoms with E-state index in [4.69, 9.17) is 4.74 Å². The lowest BCUT2D eigenvalue weighted by Gasteiger charge is -2.27. The molecule has 1 saturated carbocycles. The van der Waals surface area contributed by atoms with Crippen LogP contribution in [0.3, 0.4) is 0 Å². The molecule has 0 radical (unpaired) electrons. The summed E-state index contributed by atoms with van der Waals surface area (Å²) in [6, 6.07) is 14.4. The first kappa shape index (κ1) is 21.9. The molecule has 9 nitrogen and oxygen atoms in total. The fourth-order valence-electron chi connectivity index (χ4n) is 5.33. The van der Waals surface area contributed by atoms with Crippen LogP contribution < -0.4 is 10.7 Å². The Labute approximate surface area is 196 Å². The van der Waals surface area contributed by atoms with Gasteiger partial charge < -0.3 is 15.2 Å². The van der Waals surface area contributed by atoms with Gasteiger partial charge in [0.05, 0.1) is 12.3 Å². The van der Waals surface area contributed by atoms with E-state index in [1.165, 1.54) is 0 Å². The van der Waals surface area contributed by atoms with Gasteiger partial charge in [0.2, 0.25) is 11.8 Å². The Hall–Kier alpha value is -3.88. The predicted octanol–water partition coefficient (Wildman–Crippen LogP) is 2.41. The first-order valence-electron chi connectivity index (χ1n) is 11.4. The number of amides is 3. The zero-order valence-corrected chi connectivity index (χ0v) is 18.4. The molecule has 1 unspecified atom stereocenters. The average Bonchev–Trinajstić information content (AvgIpc) is 3.53. The lowest BCUT2D eigenvalue weighted by atomic mass is 9.98. The third-order valence-electron chi connectivity index (χ3n) is 6.94. The number of hydrogen-bond donors (Lipinski definition) is 3. The molecule has 3 atom stereocenters. The third kappa shape index (κ3) is 3.87. The summed E-state index contributed by atoms with van der Waals surface area (Å²) in [5.74, 6) is -2.96. The number of alkyl carbamates (subject to hydrolysis) is 1. The normalized spacial score (nSPS) is 23.2. The van der Waals surface area contributed by atoms with Crippen LogP contribution in [0.5, 0.6) is 0 Å². The molecule has 1 saturated heterocycles. The van der Waals surface area contributed by atoms with Crippen molar-refractivity contribution >= 4 is 23.9 Å². The second-order valence-electron chi connectivity index (χ2n) is 8.92. The minimum absolute atomic E-state index is 0.0738. The summed E-state index contributed by atoms with van der Waals surface area (Å²) in [5, 5.41) is 13.0. The fraction of sp³-hybridized carbons (Fsp3) is 0.360. The highest BCUT2D eigenvalue weighted by Gasteiger charge is 2.45. The number of hydrogen-bond acceptors (Lipinski definition) is 5. The van der Waals surface area contributed by atoms with E-state index >= 15 is 0 Å². The van der Waals surface area contributed by atoms with E-state index in [9.17, 15) is 24.3 Å². The van der Waals surface area contributed by atoms with Gasteiger partial charge in [-0.25, -0.2) is 14.6 Å². The number of carbonyl (C=O) groups excluding carboxylic acids is 3. The molecule has 2 fully saturated rings. The number of benzene rings is 2. The summed E-state index contributed by atoms with van der Waals surface area (Å²) in [7, 11) is 0. The number of nitrogens with zero attached hydrogens (tertiary/aromatic N) is 1.